The Balaban J connectivity index is 2.49. The highest BCUT2D eigenvalue weighted by molar-refractivity contribution is 9.10. The first kappa shape index (κ1) is 13.9. The topological polar surface area (TPSA) is 35.5 Å². The van der Waals surface area contributed by atoms with Crippen LogP contribution in [0.25, 0.3) is 0 Å². The molecular weight excluding hydrogens is 298 g/mol. The lowest BCUT2D eigenvalue weighted by Crippen LogP contribution is -2.05. The minimum Gasteiger partial charge on any atom is -0.490 e. The molecule has 0 heterocycles. The van der Waals surface area contributed by atoms with Crippen LogP contribution in [-0.4, -0.2) is 19.7 Å². The van der Waals surface area contributed by atoms with Crippen LogP contribution in [0.2, 0.25) is 0 Å². The summed E-state index contributed by atoms with van der Waals surface area (Å²) in [6.45, 7) is 0.113. The zero-order chi connectivity index (χ0) is 12.8. The number of ether oxygens (including phenoxy) is 2. The number of rotatable bonds is 5. The summed E-state index contributed by atoms with van der Waals surface area (Å²) in [4.78, 5) is 10.8. The van der Waals surface area contributed by atoms with E-state index in [-0.39, 0.29) is 24.7 Å². The van der Waals surface area contributed by atoms with E-state index in [0.29, 0.717) is 10.9 Å². The molecule has 0 bridgehead atoms. The number of esters is 1. The van der Waals surface area contributed by atoms with E-state index >= 15 is 0 Å². The number of hydrogen-bond donors (Lipinski definition) is 0. The van der Waals surface area contributed by atoms with E-state index in [0.717, 1.165) is 6.07 Å². The van der Waals surface area contributed by atoms with E-state index in [2.05, 4.69) is 20.7 Å². The predicted octanol–water partition coefficient (Wildman–Crippen LogP) is 3.06. The zero-order valence-electron chi connectivity index (χ0n) is 9.13. The van der Waals surface area contributed by atoms with Crippen molar-refractivity contribution in [1.29, 1.82) is 0 Å². The van der Waals surface area contributed by atoms with Gasteiger partial charge in [0, 0.05) is 10.9 Å². The molecule has 94 valence electrons. The molecule has 0 saturated carbocycles. The Kier molecular flexibility index (Phi) is 5.34. The van der Waals surface area contributed by atoms with Crippen LogP contribution in [0.4, 0.5) is 8.78 Å². The van der Waals surface area contributed by atoms with E-state index in [1.165, 1.54) is 13.2 Å². The Morgan fingerprint density at radius 1 is 1.41 bits per heavy atom. The first-order valence-electron chi connectivity index (χ1n) is 4.88. The molecule has 1 aromatic carbocycles. The second-order valence-electron chi connectivity index (χ2n) is 3.23. The average molecular weight is 309 g/mol. The third-order valence-electron chi connectivity index (χ3n) is 1.97. The third-order valence-corrected chi connectivity index (χ3v) is 2.43. The summed E-state index contributed by atoms with van der Waals surface area (Å²) in [7, 11) is 1.28. The van der Waals surface area contributed by atoms with E-state index < -0.39 is 11.6 Å². The zero-order valence-corrected chi connectivity index (χ0v) is 10.7. The highest BCUT2D eigenvalue weighted by Gasteiger charge is 2.11. The molecule has 6 heteroatoms. The van der Waals surface area contributed by atoms with Gasteiger partial charge < -0.3 is 9.47 Å². The maximum absolute atomic E-state index is 13.2. The SMILES string of the molecule is COC(=O)CCCOc1cc(Br)cc(F)c1F. The van der Waals surface area contributed by atoms with Crippen LogP contribution in [0.5, 0.6) is 5.75 Å². The molecule has 0 saturated heterocycles. The number of carbonyl (C=O) groups excluding carboxylic acids is 1. The molecule has 0 aromatic heterocycles. The van der Waals surface area contributed by atoms with Gasteiger partial charge in [-0.25, -0.2) is 4.39 Å². The molecule has 0 spiro atoms. The molecule has 0 atom stereocenters. The number of halogens is 3. The minimum atomic E-state index is -1.04. The number of carbonyl (C=O) groups is 1. The van der Waals surface area contributed by atoms with Crippen LogP contribution in [0.3, 0.4) is 0 Å². The van der Waals surface area contributed by atoms with E-state index in [9.17, 15) is 13.6 Å². The number of methoxy groups -OCH3 is 1. The van der Waals surface area contributed by atoms with Gasteiger partial charge in [0.1, 0.15) is 0 Å². The third kappa shape index (κ3) is 4.30. The summed E-state index contributed by atoms with van der Waals surface area (Å²) in [6.07, 6.45) is 0.550. The Bertz CT molecular complexity index is 410. The largest absolute Gasteiger partial charge is 0.490 e. The second-order valence-corrected chi connectivity index (χ2v) is 4.14. The van der Waals surface area contributed by atoms with Crippen molar-refractivity contribution in [3.63, 3.8) is 0 Å². The molecule has 0 N–H and O–H groups in total. The van der Waals surface area contributed by atoms with Crippen LogP contribution < -0.4 is 4.74 Å². The maximum Gasteiger partial charge on any atom is 0.305 e. The van der Waals surface area contributed by atoms with Gasteiger partial charge in [-0.05, 0) is 18.6 Å². The van der Waals surface area contributed by atoms with Crippen LogP contribution in [-0.2, 0) is 9.53 Å². The molecule has 0 amide bonds. The van der Waals surface area contributed by atoms with Gasteiger partial charge in [-0.2, -0.15) is 4.39 Å². The minimum absolute atomic E-state index is 0.113. The Labute approximate surface area is 106 Å². The smallest absolute Gasteiger partial charge is 0.305 e. The first-order valence-corrected chi connectivity index (χ1v) is 5.68. The standard InChI is InChI=1S/C11H11BrF2O3/c1-16-10(15)3-2-4-17-9-6-7(12)5-8(13)11(9)14/h5-6H,2-4H2,1H3. The van der Waals surface area contributed by atoms with Crippen LogP contribution in [0.1, 0.15) is 12.8 Å². The number of benzene rings is 1. The molecule has 3 nitrogen and oxygen atoms in total. The summed E-state index contributed by atoms with van der Waals surface area (Å²) in [5, 5.41) is 0. The van der Waals surface area contributed by atoms with Gasteiger partial charge in [0.25, 0.3) is 0 Å². The van der Waals surface area contributed by atoms with Crippen LogP contribution >= 0.6 is 15.9 Å². The van der Waals surface area contributed by atoms with Gasteiger partial charge in [0.2, 0.25) is 5.82 Å². The van der Waals surface area contributed by atoms with E-state index in [1.54, 1.807) is 0 Å². The van der Waals surface area contributed by atoms with Gasteiger partial charge in [0.05, 0.1) is 13.7 Å². The molecule has 17 heavy (non-hydrogen) atoms. The highest BCUT2D eigenvalue weighted by atomic mass is 79.9. The quantitative estimate of drug-likeness (QED) is 0.476. The monoisotopic (exact) mass is 308 g/mol. The van der Waals surface area contributed by atoms with Gasteiger partial charge in [-0.3, -0.25) is 4.79 Å². The van der Waals surface area contributed by atoms with Gasteiger partial charge >= 0.3 is 5.97 Å². The van der Waals surface area contributed by atoms with Crippen LogP contribution in [0.15, 0.2) is 16.6 Å². The Hall–Kier alpha value is -1.17. The summed E-state index contributed by atoms with van der Waals surface area (Å²) in [5.41, 5.74) is 0. The van der Waals surface area contributed by atoms with E-state index in [4.69, 9.17) is 4.74 Å². The summed E-state index contributed by atoms with van der Waals surface area (Å²) >= 11 is 3.03. The van der Waals surface area contributed by atoms with Crippen molar-refractivity contribution in [2.24, 2.45) is 0 Å². The van der Waals surface area contributed by atoms with Crippen molar-refractivity contribution in [2.45, 2.75) is 12.8 Å². The predicted molar refractivity (Wildman–Crippen MR) is 60.8 cm³/mol. The lowest BCUT2D eigenvalue weighted by atomic mass is 10.3. The molecule has 0 aliphatic rings. The van der Waals surface area contributed by atoms with Crippen molar-refractivity contribution < 1.29 is 23.0 Å². The molecule has 0 unspecified atom stereocenters. The molecule has 0 radical (unpaired) electrons. The molecule has 0 aliphatic carbocycles. The Morgan fingerprint density at radius 2 is 2.12 bits per heavy atom. The van der Waals surface area contributed by atoms with Gasteiger partial charge in [0.15, 0.2) is 11.6 Å². The van der Waals surface area contributed by atoms with Gasteiger partial charge in [-0.15, -0.1) is 0 Å². The number of hydrogen-bond acceptors (Lipinski definition) is 3. The lowest BCUT2D eigenvalue weighted by Gasteiger charge is -2.07. The maximum atomic E-state index is 13.2. The molecule has 1 aromatic rings. The molecular formula is C11H11BrF2O3. The van der Waals surface area contributed by atoms with Gasteiger partial charge in [-0.1, -0.05) is 15.9 Å². The normalized spacial score (nSPS) is 10.1. The fourth-order valence-corrected chi connectivity index (χ4v) is 1.55. The lowest BCUT2D eigenvalue weighted by molar-refractivity contribution is -0.140. The second kappa shape index (κ2) is 6.54. The van der Waals surface area contributed by atoms with E-state index in [1.807, 2.05) is 0 Å². The summed E-state index contributed by atoms with van der Waals surface area (Å²) < 4.78 is 36.1. The first-order chi connectivity index (χ1) is 8.04. The van der Waals surface area contributed by atoms with Crippen molar-refractivity contribution >= 4 is 21.9 Å². The van der Waals surface area contributed by atoms with Crippen molar-refractivity contribution in [3.05, 3.63) is 28.2 Å². The average Bonchev–Trinajstić information content (AvgIpc) is 2.30. The Morgan fingerprint density at radius 3 is 2.76 bits per heavy atom. The van der Waals surface area contributed by atoms with Crippen LogP contribution in [0, 0.1) is 11.6 Å². The summed E-state index contributed by atoms with van der Waals surface area (Å²) in [6, 6.07) is 2.34. The highest BCUT2D eigenvalue weighted by Crippen LogP contribution is 2.25. The fraction of sp³-hybridized carbons (Fsp3) is 0.364. The molecule has 0 fully saturated rings. The summed E-state index contributed by atoms with van der Waals surface area (Å²) in [5.74, 6) is -2.56. The fourth-order valence-electron chi connectivity index (χ4n) is 1.14. The molecule has 0 aliphatic heterocycles. The molecule has 1 rings (SSSR count). The van der Waals surface area contributed by atoms with Crippen molar-refractivity contribution in [2.75, 3.05) is 13.7 Å². The van der Waals surface area contributed by atoms with Crippen molar-refractivity contribution in [1.82, 2.24) is 0 Å². The van der Waals surface area contributed by atoms with Crippen molar-refractivity contribution in [3.8, 4) is 5.75 Å².